The Balaban J connectivity index is 1.58. The SMILES string of the molecule is Cc1c(C(=O)N(Cc2ccc(N(C)C)cc2)CC2CCCO2)cnn1-c1ccccc1. The Morgan fingerprint density at radius 1 is 1.13 bits per heavy atom. The molecule has 6 nitrogen and oxygen atoms in total. The fourth-order valence-corrected chi connectivity index (χ4v) is 3.99. The molecule has 1 fully saturated rings. The summed E-state index contributed by atoms with van der Waals surface area (Å²) in [6.45, 7) is 3.85. The summed E-state index contributed by atoms with van der Waals surface area (Å²) in [5, 5.41) is 4.49. The van der Waals surface area contributed by atoms with E-state index in [-0.39, 0.29) is 12.0 Å². The van der Waals surface area contributed by atoms with E-state index in [4.69, 9.17) is 4.74 Å². The van der Waals surface area contributed by atoms with Gasteiger partial charge in [-0.05, 0) is 49.6 Å². The summed E-state index contributed by atoms with van der Waals surface area (Å²) in [7, 11) is 4.05. The maximum Gasteiger partial charge on any atom is 0.257 e. The molecule has 6 heteroatoms. The number of ether oxygens (including phenoxy) is 1. The van der Waals surface area contributed by atoms with Gasteiger partial charge in [0.2, 0.25) is 0 Å². The normalized spacial score (nSPS) is 15.8. The highest BCUT2D eigenvalue weighted by Gasteiger charge is 2.26. The first-order valence-corrected chi connectivity index (χ1v) is 10.8. The molecule has 4 rings (SSSR count). The lowest BCUT2D eigenvalue weighted by Gasteiger charge is -2.26. The second kappa shape index (κ2) is 9.35. The van der Waals surface area contributed by atoms with E-state index in [0.717, 1.165) is 42.1 Å². The van der Waals surface area contributed by atoms with E-state index in [1.54, 1.807) is 6.20 Å². The van der Waals surface area contributed by atoms with Crippen molar-refractivity contribution in [3.63, 3.8) is 0 Å². The van der Waals surface area contributed by atoms with Gasteiger partial charge >= 0.3 is 0 Å². The molecule has 1 atom stereocenters. The minimum atomic E-state index is -0.00753. The van der Waals surface area contributed by atoms with Crippen molar-refractivity contribution in [2.24, 2.45) is 0 Å². The van der Waals surface area contributed by atoms with Crippen molar-refractivity contribution in [1.29, 1.82) is 0 Å². The van der Waals surface area contributed by atoms with E-state index in [1.165, 1.54) is 0 Å². The highest BCUT2D eigenvalue weighted by Crippen LogP contribution is 2.21. The average molecular weight is 419 g/mol. The van der Waals surface area contributed by atoms with E-state index >= 15 is 0 Å². The monoisotopic (exact) mass is 418 g/mol. The van der Waals surface area contributed by atoms with Crippen LogP contribution in [0.2, 0.25) is 0 Å². The molecule has 1 amide bonds. The van der Waals surface area contributed by atoms with Gasteiger partial charge in [0.05, 0.1) is 29.2 Å². The molecule has 1 aliphatic heterocycles. The number of anilines is 1. The quantitative estimate of drug-likeness (QED) is 0.580. The molecular weight excluding hydrogens is 388 g/mol. The molecule has 2 aromatic carbocycles. The summed E-state index contributed by atoms with van der Waals surface area (Å²) in [6, 6.07) is 18.2. The summed E-state index contributed by atoms with van der Waals surface area (Å²) in [5.41, 5.74) is 4.66. The molecule has 0 saturated carbocycles. The van der Waals surface area contributed by atoms with Gasteiger partial charge in [0, 0.05) is 39.5 Å². The van der Waals surface area contributed by atoms with Crippen molar-refractivity contribution >= 4 is 11.6 Å². The Kier molecular flexibility index (Phi) is 6.37. The van der Waals surface area contributed by atoms with Crippen LogP contribution in [0.3, 0.4) is 0 Å². The maximum absolute atomic E-state index is 13.6. The predicted octanol–water partition coefficient (Wildman–Crippen LogP) is 4.07. The summed E-state index contributed by atoms with van der Waals surface area (Å²) in [6.07, 6.45) is 3.82. The molecular formula is C25H30N4O2. The van der Waals surface area contributed by atoms with Gasteiger partial charge in [0.25, 0.3) is 5.91 Å². The van der Waals surface area contributed by atoms with Crippen molar-refractivity contribution in [3.05, 3.63) is 77.6 Å². The minimum absolute atomic E-state index is 0.00753. The zero-order chi connectivity index (χ0) is 21.8. The van der Waals surface area contributed by atoms with E-state index in [1.807, 2.05) is 60.9 Å². The molecule has 1 unspecified atom stereocenters. The highest BCUT2D eigenvalue weighted by atomic mass is 16.5. The predicted molar refractivity (Wildman–Crippen MR) is 123 cm³/mol. The van der Waals surface area contributed by atoms with Crippen LogP contribution in [0.4, 0.5) is 5.69 Å². The summed E-state index contributed by atoms with van der Waals surface area (Å²) in [5.74, 6) is -0.00753. The first kappa shape index (κ1) is 21.1. The molecule has 1 aromatic heterocycles. The standard InChI is InChI=1S/C25H30N4O2/c1-19-24(16-26-29(19)22-8-5-4-6-9-22)25(30)28(18-23-10-7-15-31-23)17-20-11-13-21(14-12-20)27(2)3/h4-6,8-9,11-14,16,23H,7,10,15,17-18H2,1-3H3. The average Bonchev–Trinajstić information content (AvgIpc) is 3.43. The topological polar surface area (TPSA) is 50.6 Å². The van der Waals surface area contributed by atoms with Gasteiger partial charge in [-0.3, -0.25) is 4.79 Å². The summed E-state index contributed by atoms with van der Waals surface area (Å²) in [4.78, 5) is 17.6. The van der Waals surface area contributed by atoms with Crippen LogP contribution < -0.4 is 4.90 Å². The highest BCUT2D eigenvalue weighted by molar-refractivity contribution is 5.95. The zero-order valence-electron chi connectivity index (χ0n) is 18.5. The Labute approximate surface area is 184 Å². The minimum Gasteiger partial charge on any atom is -0.378 e. The number of aromatic nitrogens is 2. The maximum atomic E-state index is 13.6. The van der Waals surface area contributed by atoms with Crippen LogP contribution in [0.1, 0.15) is 34.5 Å². The largest absolute Gasteiger partial charge is 0.378 e. The van der Waals surface area contributed by atoms with Crippen LogP contribution in [0.15, 0.2) is 60.8 Å². The van der Waals surface area contributed by atoms with Crippen LogP contribution in [0.25, 0.3) is 5.69 Å². The fraction of sp³-hybridized carbons (Fsp3) is 0.360. The lowest BCUT2D eigenvalue weighted by atomic mass is 10.1. The van der Waals surface area contributed by atoms with Crippen LogP contribution in [0, 0.1) is 6.92 Å². The molecule has 0 N–H and O–H groups in total. The van der Waals surface area contributed by atoms with Crippen LogP contribution in [-0.2, 0) is 11.3 Å². The van der Waals surface area contributed by atoms with Crippen molar-refractivity contribution in [1.82, 2.24) is 14.7 Å². The Morgan fingerprint density at radius 3 is 2.52 bits per heavy atom. The van der Waals surface area contributed by atoms with Crippen LogP contribution >= 0.6 is 0 Å². The van der Waals surface area contributed by atoms with Gasteiger partial charge in [-0.15, -0.1) is 0 Å². The number of rotatable bonds is 7. The molecule has 0 radical (unpaired) electrons. The van der Waals surface area contributed by atoms with Crippen molar-refractivity contribution in [2.75, 3.05) is 32.1 Å². The summed E-state index contributed by atoms with van der Waals surface area (Å²) < 4.78 is 7.66. The number of para-hydroxylation sites is 1. The van der Waals surface area contributed by atoms with Gasteiger partial charge in [0.15, 0.2) is 0 Å². The molecule has 1 saturated heterocycles. The first-order valence-electron chi connectivity index (χ1n) is 10.8. The third-order valence-corrected chi connectivity index (χ3v) is 5.80. The Bertz CT molecular complexity index is 1010. The van der Waals surface area contributed by atoms with Crippen molar-refractivity contribution < 1.29 is 9.53 Å². The molecule has 0 spiro atoms. The molecule has 0 bridgehead atoms. The lowest BCUT2D eigenvalue weighted by Crippen LogP contribution is -2.37. The second-order valence-corrected chi connectivity index (χ2v) is 8.27. The third kappa shape index (κ3) is 4.80. The molecule has 1 aliphatic rings. The Hall–Kier alpha value is -3.12. The number of nitrogens with zero attached hydrogens (tertiary/aromatic N) is 4. The van der Waals surface area contributed by atoms with E-state index < -0.39 is 0 Å². The smallest absolute Gasteiger partial charge is 0.257 e. The fourth-order valence-electron chi connectivity index (χ4n) is 3.99. The van der Waals surface area contributed by atoms with Crippen LogP contribution in [-0.4, -0.2) is 53.9 Å². The number of carbonyl (C=O) groups excluding carboxylic acids is 1. The number of carbonyl (C=O) groups is 1. The van der Waals surface area contributed by atoms with Gasteiger partial charge in [-0.25, -0.2) is 4.68 Å². The molecule has 162 valence electrons. The number of hydrogen-bond donors (Lipinski definition) is 0. The number of benzene rings is 2. The first-order chi connectivity index (χ1) is 15.0. The van der Waals surface area contributed by atoms with Crippen molar-refractivity contribution in [2.45, 2.75) is 32.4 Å². The van der Waals surface area contributed by atoms with Gasteiger partial charge in [-0.1, -0.05) is 30.3 Å². The van der Waals surface area contributed by atoms with Crippen LogP contribution in [0.5, 0.6) is 0 Å². The zero-order valence-corrected chi connectivity index (χ0v) is 18.5. The van der Waals surface area contributed by atoms with Crippen molar-refractivity contribution in [3.8, 4) is 5.69 Å². The number of amides is 1. The van der Waals surface area contributed by atoms with E-state index in [9.17, 15) is 4.79 Å². The van der Waals surface area contributed by atoms with Gasteiger partial charge in [0.1, 0.15) is 0 Å². The van der Waals surface area contributed by atoms with Gasteiger partial charge < -0.3 is 14.5 Å². The molecule has 31 heavy (non-hydrogen) atoms. The van der Waals surface area contributed by atoms with Gasteiger partial charge in [-0.2, -0.15) is 5.10 Å². The number of hydrogen-bond acceptors (Lipinski definition) is 4. The third-order valence-electron chi connectivity index (χ3n) is 5.80. The second-order valence-electron chi connectivity index (χ2n) is 8.27. The van der Waals surface area contributed by atoms with E-state index in [0.29, 0.717) is 18.7 Å². The summed E-state index contributed by atoms with van der Waals surface area (Å²) >= 11 is 0. The van der Waals surface area contributed by atoms with E-state index in [2.05, 4.69) is 34.3 Å². The molecule has 0 aliphatic carbocycles. The Morgan fingerprint density at radius 2 is 1.87 bits per heavy atom. The lowest BCUT2D eigenvalue weighted by molar-refractivity contribution is 0.0506. The molecule has 2 heterocycles. The molecule has 3 aromatic rings.